The number of amides is 1. The largest absolute Gasteiger partial charge is 0.469 e. The molecule has 0 saturated carbocycles. The standard InChI is InChI=1S/C13H15ClFNO3/c1-8(13(18)19-3)7-16(2)12(17)9-4-5-10(14)11(15)6-9/h4-6,8H,7H2,1-3H3. The maximum atomic E-state index is 13.3. The third-order valence-corrected chi connectivity index (χ3v) is 2.97. The first-order valence-electron chi connectivity index (χ1n) is 5.65. The number of halogens is 2. The van der Waals surface area contributed by atoms with Gasteiger partial charge in [0.1, 0.15) is 5.82 Å². The van der Waals surface area contributed by atoms with Gasteiger partial charge in [0.05, 0.1) is 18.1 Å². The lowest BCUT2D eigenvalue weighted by molar-refractivity contribution is -0.145. The van der Waals surface area contributed by atoms with Crippen molar-refractivity contribution in [1.82, 2.24) is 4.90 Å². The highest BCUT2D eigenvalue weighted by Crippen LogP contribution is 2.17. The summed E-state index contributed by atoms with van der Waals surface area (Å²) in [6.45, 7) is 1.84. The molecule has 0 N–H and O–H groups in total. The molecule has 19 heavy (non-hydrogen) atoms. The summed E-state index contributed by atoms with van der Waals surface area (Å²) < 4.78 is 17.9. The minimum atomic E-state index is -0.651. The predicted octanol–water partition coefficient (Wildman–Crippen LogP) is 2.36. The molecular formula is C13H15ClFNO3. The zero-order valence-electron chi connectivity index (χ0n) is 10.9. The number of carbonyl (C=O) groups excluding carboxylic acids is 2. The van der Waals surface area contributed by atoms with E-state index in [0.717, 1.165) is 6.07 Å². The van der Waals surface area contributed by atoms with Gasteiger partial charge in [-0.05, 0) is 18.2 Å². The molecule has 1 aromatic carbocycles. The summed E-state index contributed by atoms with van der Waals surface area (Å²) in [7, 11) is 2.82. The van der Waals surface area contributed by atoms with E-state index in [9.17, 15) is 14.0 Å². The third-order valence-electron chi connectivity index (χ3n) is 2.66. The second-order valence-electron chi connectivity index (χ2n) is 4.24. The Bertz CT molecular complexity index is 493. The zero-order chi connectivity index (χ0) is 14.6. The van der Waals surface area contributed by atoms with Crippen LogP contribution in [0.15, 0.2) is 18.2 Å². The smallest absolute Gasteiger partial charge is 0.310 e. The SMILES string of the molecule is COC(=O)C(C)CN(C)C(=O)c1ccc(Cl)c(F)c1. The molecule has 1 aromatic rings. The molecule has 0 bridgehead atoms. The fourth-order valence-electron chi connectivity index (χ4n) is 1.62. The Hall–Kier alpha value is -1.62. The molecular weight excluding hydrogens is 273 g/mol. The average molecular weight is 288 g/mol. The number of rotatable bonds is 4. The van der Waals surface area contributed by atoms with E-state index in [1.54, 1.807) is 6.92 Å². The van der Waals surface area contributed by atoms with Crippen molar-refractivity contribution in [2.75, 3.05) is 20.7 Å². The van der Waals surface area contributed by atoms with Crippen LogP contribution in [0.25, 0.3) is 0 Å². The normalized spacial score (nSPS) is 11.8. The van der Waals surface area contributed by atoms with Crippen LogP contribution in [0.5, 0.6) is 0 Å². The van der Waals surface area contributed by atoms with Crippen LogP contribution in [-0.2, 0) is 9.53 Å². The summed E-state index contributed by atoms with van der Waals surface area (Å²) in [4.78, 5) is 24.6. The van der Waals surface area contributed by atoms with E-state index in [4.69, 9.17) is 11.6 Å². The van der Waals surface area contributed by atoms with Gasteiger partial charge in [0, 0.05) is 19.2 Å². The number of ether oxygens (including phenoxy) is 1. The maximum Gasteiger partial charge on any atom is 0.310 e. The van der Waals surface area contributed by atoms with Gasteiger partial charge in [-0.25, -0.2) is 4.39 Å². The Morgan fingerprint density at radius 1 is 1.47 bits per heavy atom. The van der Waals surface area contributed by atoms with E-state index in [1.165, 1.54) is 31.2 Å². The minimum absolute atomic E-state index is 0.0397. The van der Waals surface area contributed by atoms with Crippen LogP contribution >= 0.6 is 11.6 Å². The lowest BCUT2D eigenvalue weighted by Crippen LogP contribution is -2.34. The molecule has 0 fully saturated rings. The Labute approximate surface area is 116 Å². The van der Waals surface area contributed by atoms with E-state index in [0.29, 0.717) is 0 Å². The summed E-state index contributed by atoms with van der Waals surface area (Å²) in [5, 5.41) is -0.0397. The van der Waals surface area contributed by atoms with Crippen LogP contribution in [0.1, 0.15) is 17.3 Å². The summed E-state index contributed by atoms with van der Waals surface area (Å²) >= 11 is 5.55. The molecule has 104 valence electrons. The number of carbonyl (C=O) groups is 2. The Balaban J connectivity index is 2.76. The molecule has 0 aliphatic carbocycles. The number of benzene rings is 1. The van der Waals surface area contributed by atoms with Gasteiger partial charge in [0.15, 0.2) is 0 Å². The van der Waals surface area contributed by atoms with E-state index in [-0.39, 0.29) is 23.0 Å². The van der Waals surface area contributed by atoms with Crippen molar-refractivity contribution >= 4 is 23.5 Å². The van der Waals surface area contributed by atoms with Gasteiger partial charge in [0.25, 0.3) is 5.91 Å². The van der Waals surface area contributed by atoms with Gasteiger partial charge in [-0.1, -0.05) is 18.5 Å². The van der Waals surface area contributed by atoms with Crippen LogP contribution in [0.3, 0.4) is 0 Å². The Kier molecular flexibility index (Phi) is 5.30. The monoisotopic (exact) mass is 287 g/mol. The summed E-state index contributed by atoms with van der Waals surface area (Å²) in [6.07, 6.45) is 0. The van der Waals surface area contributed by atoms with Gasteiger partial charge >= 0.3 is 5.97 Å². The number of esters is 1. The average Bonchev–Trinajstić information content (AvgIpc) is 2.39. The van der Waals surface area contributed by atoms with Gasteiger partial charge in [0.2, 0.25) is 0 Å². The predicted molar refractivity (Wildman–Crippen MR) is 69.6 cm³/mol. The highest BCUT2D eigenvalue weighted by atomic mass is 35.5. The van der Waals surface area contributed by atoms with Gasteiger partial charge in [-0.15, -0.1) is 0 Å². The lowest BCUT2D eigenvalue weighted by atomic mass is 10.1. The molecule has 1 amide bonds. The highest BCUT2D eigenvalue weighted by molar-refractivity contribution is 6.30. The van der Waals surface area contributed by atoms with E-state index >= 15 is 0 Å². The van der Waals surface area contributed by atoms with Gasteiger partial charge in [-0.3, -0.25) is 9.59 Å². The van der Waals surface area contributed by atoms with Crippen molar-refractivity contribution in [1.29, 1.82) is 0 Å². The fraction of sp³-hybridized carbons (Fsp3) is 0.385. The van der Waals surface area contributed by atoms with Crippen molar-refractivity contribution in [2.45, 2.75) is 6.92 Å². The lowest BCUT2D eigenvalue weighted by Gasteiger charge is -2.20. The first-order chi connectivity index (χ1) is 8.86. The molecule has 0 aliphatic heterocycles. The topological polar surface area (TPSA) is 46.6 Å². The van der Waals surface area contributed by atoms with Crippen LogP contribution in [0.4, 0.5) is 4.39 Å². The third kappa shape index (κ3) is 3.92. The van der Waals surface area contributed by atoms with Crippen LogP contribution in [0, 0.1) is 11.7 Å². The minimum Gasteiger partial charge on any atom is -0.469 e. The second-order valence-corrected chi connectivity index (χ2v) is 4.65. The van der Waals surface area contributed by atoms with E-state index < -0.39 is 17.7 Å². The molecule has 1 atom stereocenters. The van der Waals surface area contributed by atoms with E-state index in [2.05, 4.69) is 4.74 Å². The maximum absolute atomic E-state index is 13.3. The Morgan fingerprint density at radius 2 is 2.11 bits per heavy atom. The molecule has 6 heteroatoms. The van der Waals surface area contributed by atoms with Crippen molar-refractivity contribution in [3.63, 3.8) is 0 Å². The summed E-state index contributed by atoms with van der Waals surface area (Å²) in [5.41, 5.74) is 0.182. The van der Waals surface area contributed by atoms with Gasteiger partial charge < -0.3 is 9.64 Å². The molecule has 1 rings (SSSR count). The first-order valence-corrected chi connectivity index (χ1v) is 6.03. The molecule has 0 radical (unpaired) electrons. The number of hydrogen-bond acceptors (Lipinski definition) is 3. The molecule has 0 spiro atoms. The van der Waals surface area contributed by atoms with Crippen molar-refractivity contribution in [3.8, 4) is 0 Å². The number of nitrogens with zero attached hydrogens (tertiary/aromatic N) is 1. The fourth-order valence-corrected chi connectivity index (χ4v) is 1.74. The molecule has 0 aliphatic rings. The molecule has 0 heterocycles. The van der Waals surface area contributed by atoms with E-state index in [1.807, 2.05) is 0 Å². The first kappa shape index (κ1) is 15.4. The van der Waals surface area contributed by atoms with Crippen molar-refractivity contribution in [2.24, 2.45) is 5.92 Å². The number of hydrogen-bond donors (Lipinski definition) is 0. The van der Waals surface area contributed by atoms with Crippen molar-refractivity contribution < 1.29 is 18.7 Å². The number of methoxy groups -OCH3 is 1. The zero-order valence-corrected chi connectivity index (χ0v) is 11.7. The molecule has 0 aromatic heterocycles. The second kappa shape index (κ2) is 6.52. The van der Waals surface area contributed by atoms with Crippen LogP contribution < -0.4 is 0 Å². The molecule has 0 saturated heterocycles. The van der Waals surface area contributed by atoms with Crippen LogP contribution in [0.2, 0.25) is 5.02 Å². The van der Waals surface area contributed by atoms with Gasteiger partial charge in [-0.2, -0.15) is 0 Å². The summed E-state index contributed by atoms with van der Waals surface area (Å²) in [5.74, 6) is -1.88. The highest BCUT2D eigenvalue weighted by Gasteiger charge is 2.20. The van der Waals surface area contributed by atoms with Crippen molar-refractivity contribution in [3.05, 3.63) is 34.6 Å². The summed E-state index contributed by atoms with van der Waals surface area (Å²) in [6, 6.07) is 3.83. The molecule has 1 unspecified atom stereocenters. The Morgan fingerprint density at radius 3 is 2.63 bits per heavy atom. The molecule has 4 nitrogen and oxygen atoms in total. The quantitative estimate of drug-likeness (QED) is 0.799. The van der Waals surface area contributed by atoms with Crippen LogP contribution in [-0.4, -0.2) is 37.5 Å².